The molecule has 1 amide bonds. The number of benzene rings is 1. The summed E-state index contributed by atoms with van der Waals surface area (Å²) in [6.07, 6.45) is 9.48. The smallest absolute Gasteiger partial charge is 0.224 e. The Morgan fingerprint density at radius 3 is 2.59 bits per heavy atom. The van der Waals surface area contributed by atoms with E-state index in [1.165, 1.54) is 26.2 Å². The molecule has 0 bridgehead atoms. The standard InChI is InChI=1S/C32H47NO4/c1-19(8-13-30(37)33-23-7-5-6-21(16-23)20(2)34)26-11-12-27-25-10-9-22-17-24(35)14-15-31(22,3)28(25)18-29(36)32(26,27)4/h5-7,16,19,22,24-29,35-36H,8-15,17-18H2,1-4H3,(H,33,37)/t19-,22-,24-,25+,26-,27+,28+,29+,31+,32-/m1/s1. The molecule has 4 aliphatic rings. The van der Waals surface area contributed by atoms with Crippen molar-refractivity contribution in [3.05, 3.63) is 29.8 Å². The summed E-state index contributed by atoms with van der Waals surface area (Å²) < 4.78 is 0. The van der Waals surface area contributed by atoms with Crippen molar-refractivity contribution < 1.29 is 19.8 Å². The largest absolute Gasteiger partial charge is 0.393 e. The van der Waals surface area contributed by atoms with Crippen molar-refractivity contribution in [1.82, 2.24) is 0 Å². The molecule has 0 spiro atoms. The number of hydrogen-bond donors (Lipinski definition) is 3. The highest BCUT2D eigenvalue weighted by atomic mass is 16.3. The monoisotopic (exact) mass is 509 g/mol. The van der Waals surface area contributed by atoms with Crippen LogP contribution >= 0.6 is 0 Å². The van der Waals surface area contributed by atoms with E-state index in [1.807, 2.05) is 6.07 Å². The normalized spacial score (nSPS) is 41.7. The van der Waals surface area contributed by atoms with Gasteiger partial charge in [-0.3, -0.25) is 9.59 Å². The van der Waals surface area contributed by atoms with Gasteiger partial charge in [0.2, 0.25) is 5.91 Å². The number of Topliss-reactive ketones (excluding diaryl/α,β-unsaturated/α-hetero) is 1. The van der Waals surface area contributed by atoms with Crippen molar-refractivity contribution in [3.63, 3.8) is 0 Å². The molecule has 0 aliphatic heterocycles. The Kier molecular flexibility index (Phi) is 7.34. The van der Waals surface area contributed by atoms with Gasteiger partial charge >= 0.3 is 0 Å². The molecule has 5 rings (SSSR count). The zero-order valence-corrected chi connectivity index (χ0v) is 23.2. The lowest BCUT2D eigenvalue weighted by molar-refractivity contribution is -0.174. The van der Waals surface area contributed by atoms with Crippen LogP contribution in [0.3, 0.4) is 0 Å². The topological polar surface area (TPSA) is 86.6 Å². The second-order valence-electron chi connectivity index (χ2n) is 13.6. The summed E-state index contributed by atoms with van der Waals surface area (Å²) >= 11 is 0. The van der Waals surface area contributed by atoms with Gasteiger partial charge in [0.1, 0.15) is 0 Å². The van der Waals surface area contributed by atoms with Gasteiger partial charge in [0.25, 0.3) is 0 Å². The average molecular weight is 510 g/mol. The van der Waals surface area contributed by atoms with Gasteiger partial charge in [-0.2, -0.15) is 0 Å². The van der Waals surface area contributed by atoms with Crippen LogP contribution in [0.5, 0.6) is 0 Å². The van der Waals surface area contributed by atoms with Gasteiger partial charge < -0.3 is 15.5 Å². The first kappa shape index (κ1) is 26.9. The number of carbonyl (C=O) groups excluding carboxylic acids is 2. The van der Waals surface area contributed by atoms with Crippen LogP contribution in [0.4, 0.5) is 5.69 Å². The zero-order chi connectivity index (χ0) is 26.5. The van der Waals surface area contributed by atoms with Crippen LogP contribution in [0.2, 0.25) is 0 Å². The van der Waals surface area contributed by atoms with E-state index in [2.05, 4.69) is 26.1 Å². The Morgan fingerprint density at radius 1 is 1.05 bits per heavy atom. The van der Waals surface area contributed by atoms with Crippen molar-refractivity contribution in [2.24, 2.45) is 46.3 Å². The van der Waals surface area contributed by atoms with Gasteiger partial charge in [-0.15, -0.1) is 0 Å². The van der Waals surface area contributed by atoms with Crippen molar-refractivity contribution in [2.45, 2.75) is 104 Å². The van der Waals surface area contributed by atoms with E-state index in [1.54, 1.807) is 18.2 Å². The van der Waals surface area contributed by atoms with E-state index in [4.69, 9.17) is 0 Å². The molecule has 0 aromatic heterocycles. The van der Waals surface area contributed by atoms with E-state index < -0.39 is 0 Å². The fourth-order valence-corrected chi connectivity index (χ4v) is 9.76. The summed E-state index contributed by atoms with van der Waals surface area (Å²) in [6, 6.07) is 7.13. The van der Waals surface area contributed by atoms with Crippen LogP contribution in [-0.4, -0.2) is 34.1 Å². The summed E-state index contributed by atoms with van der Waals surface area (Å²) in [5.41, 5.74) is 1.45. The molecular weight excluding hydrogens is 462 g/mol. The number of hydrogen-bond acceptors (Lipinski definition) is 4. The highest BCUT2D eigenvalue weighted by Crippen LogP contribution is 2.68. The average Bonchev–Trinajstić information content (AvgIpc) is 3.22. The molecule has 10 atom stereocenters. The van der Waals surface area contributed by atoms with Crippen molar-refractivity contribution in [3.8, 4) is 0 Å². The first-order valence-electron chi connectivity index (χ1n) is 14.8. The van der Waals surface area contributed by atoms with E-state index >= 15 is 0 Å². The molecule has 4 aliphatic carbocycles. The van der Waals surface area contributed by atoms with Crippen LogP contribution in [0.25, 0.3) is 0 Å². The van der Waals surface area contributed by atoms with Gasteiger partial charge in [0.05, 0.1) is 12.2 Å². The number of ketones is 1. The maximum atomic E-state index is 12.8. The van der Waals surface area contributed by atoms with E-state index in [9.17, 15) is 19.8 Å². The maximum Gasteiger partial charge on any atom is 0.224 e. The Hall–Kier alpha value is -1.72. The molecule has 1 aromatic carbocycles. The third-order valence-corrected chi connectivity index (χ3v) is 11.9. The molecule has 4 saturated carbocycles. The molecule has 204 valence electrons. The summed E-state index contributed by atoms with van der Waals surface area (Å²) in [5, 5.41) is 25.0. The Labute approximate surface area is 222 Å². The van der Waals surface area contributed by atoms with E-state index in [-0.39, 0.29) is 34.7 Å². The first-order chi connectivity index (χ1) is 17.5. The molecule has 4 fully saturated rings. The molecule has 0 unspecified atom stereocenters. The minimum absolute atomic E-state index is 0.00871. The van der Waals surface area contributed by atoms with Crippen molar-refractivity contribution >= 4 is 17.4 Å². The quantitative estimate of drug-likeness (QED) is 0.397. The maximum absolute atomic E-state index is 12.8. The van der Waals surface area contributed by atoms with E-state index in [0.29, 0.717) is 53.2 Å². The highest BCUT2D eigenvalue weighted by molar-refractivity contribution is 5.97. The number of rotatable bonds is 6. The molecule has 1 aromatic rings. The van der Waals surface area contributed by atoms with Gasteiger partial charge in [-0.05, 0) is 123 Å². The molecule has 0 saturated heterocycles. The summed E-state index contributed by atoms with van der Waals surface area (Å²) in [5.74, 6) is 3.18. The van der Waals surface area contributed by atoms with Crippen LogP contribution < -0.4 is 5.32 Å². The van der Waals surface area contributed by atoms with Crippen molar-refractivity contribution in [1.29, 1.82) is 0 Å². The van der Waals surface area contributed by atoms with Gasteiger partial charge in [0.15, 0.2) is 5.78 Å². The molecular formula is C32H47NO4. The molecule has 5 nitrogen and oxygen atoms in total. The van der Waals surface area contributed by atoms with E-state index in [0.717, 1.165) is 38.5 Å². The fraction of sp³-hybridized carbons (Fsp3) is 0.750. The molecule has 0 radical (unpaired) electrons. The predicted octanol–water partition coefficient (Wildman–Crippen LogP) is 6.23. The molecule has 3 N–H and O–H groups in total. The summed E-state index contributed by atoms with van der Waals surface area (Å²) in [7, 11) is 0. The second-order valence-corrected chi connectivity index (χ2v) is 13.6. The SMILES string of the molecule is CC(=O)c1cccc(NC(=O)CC[C@@H](C)[C@H]2CC[C@H]3[C@@H]4CC[C@@H]5C[C@H](O)CC[C@]5(C)[C@H]4C[C@H](O)[C@]23C)c1. The predicted molar refractivity (Wildman–Crippen MR) is 146 cm³/mol. The number of amides is 1. The Balaban J connectivity index is 1.23. The third-order valence-electron chi connectivity index (χ3n) is 11.9. The minimum Gasteiger partial charge on any atom is -0.393 e. The first-order valence-corrected chi connectivity index (χ1v) is 14.8. The lowest BCUT2D eigenvalue weighted by Crippen LogP contribution is -2.58. The Morgan fingerprint density at radius 2 is 1.84 bits per heavy atom. The van der Waals surface area contributed by atoms with Gasteiger partial charge in [0, 0.05) is 17.7 Å². The van der Waals surface area contributed by atoms with Crippen molar-refractivity contribution in [2.75, 3.05) is 5.32 Å². The van der Waals surface area contributed by atoms with Crippen LogP contribution in [0, 0.1) is 46.3 Å². The second kappa shape index (κ2) is 10.1. The Bertz CT molecular complexity index is 1020. The molecule has 37 heavy (non-hydrogen) atoms. The zero-order valence-electron chi connectivity index (χ0n) is 23.2. The molecule has 0 heterocycles. The number of aliphatic hydroxyl groups is 2. The van der Waals surface area contributed by atoms with Gasteiger partial charge in [-0.1, -0.05) is 32.9 Å². The number of fused-ring (bicyclic) bond motifs is 5. The fourth-order valence-electron chi connectivity index (χ4n) is 9.76. The summed E-state index contributed by atoms with van der Waals surface area (Å²) in [4.78, 5) is 24.4. The number of nitrogens with one attached hydrogen (secondary N) is 1. The lowest BCUT2D eigenvalue weighted by atomic mass is 9.43. The number of carbonyl (C=O) groups is 2. The number of anilines is 1. The van der Waals surface area contributed by atoms with Crippen LogP contribution in [0.1, 0.15) is 102 Å². The third kappa shape index (κ3) is 4.69. The van der Waals surface area contributed by atoms with Gasteiger partial charge in [-0.25, -0.2) is 0 Å². The minimum atomic E-state index is -0.292. The highest BCUT2D eigenvalue weighted by Gasteiger charge is 2.63. The summed E-state index contributed by atoms with van der Waals surface area (Å²) in [6.45, 7) is 8.64. The lowest BCUT2D eigenvalue weighted by Gasteiger charge is -2.62. The molecule has 5 heteroatoms. The number of aliphatic hydroxyl groups excluding tert-OH is 2. The van der Waals surface area contributed by atoms with Crippen LogP contribution in [-0.2, 0) is 4.79 Å². The van der Waals surface area contributed by atoms with Crippen LogP contribution in [0.15, 0.2) is 24.3 Å².